The van der Waals surface area contributed by atoms with Gasteiger partial charge in [0.15, 0.2) is 5.82 Å². The molecule has 0 aliphatic carbocycles. The maximum Gasteiger partial charge on any atom is 0.257 e. The highest BCUT2D eigenvalue weighted by Crippen LogP contribution is 2.40. The Bertz CT molecular complexity index is 861. The standard InChI is InChI=1S/C19H17N3O2/c23-17-15-8-4-5-9-16(15)19(24,18-20-11-12-21-18)22(17)13-10-14-6-2-1-3-7-14/h1-9,11-12,24H,10,13H2,(H,20,21)/t19-/m0/s1. The van der Waals surface area contributed by atoms with E-state index in [1.165, 1.54) is 4.90 Å². The summed E-state index contributed by atoms with van der Waals surface area (Å²) in [6.07, 6.45) is 3.88. The van der Waals surface area contributed by atoms with Gasteiger partial charge >= 0.3 is 0 Å². The molecule has 0 fully saturated rings. The topological polar surface area (TPSA) is 69.2 Å². The summed E-state index contributed by atoms with van der Waals surface area (Å²) in [6, 6.07) is 17.1. The summed E-state index contributed by atoms with van der Waals surface area (Å²) in [6.45, 7) is 0.398. The second-order valence-electron chi connectivity index (χ2n) is 5.85. The van der Waals surface area contributed by atoms with Gasteiger partial charge in [-0.3, -0.25) is 9.69 Å². The van der Waals surface area contributed by atoms with Gasteiger partial charge in [0, 0.05) is 30.1 Å². The molecule has 2 heterocycles. The summed E-state index contributed by atoms with van der Waals surface area (Å²) in [7, 11) is 0. The fourth-order valence-corrected chi connectivity index (χ4v) is 3.27. The minimum atomic E-state index is -1.56. The first-order valence-corrected chi connectivity index (χ1v) is 7.89. The molecule has 1 aromatic heterocycles. The largest absolute Gasteiger partial charge is 0.361 e. The van der Waals surface area contributed by atoms with Crippen molar-refractivity contribution in [3.8, 4) is 0 Å². The van der Waals surface area contributed by atoms with Crippen molar-refractivity contribution < 1.29 is 9.90 Å². The highest BCUT2D eigenvalue weighted by Gasteiger charge is 2.51. The zero-order valence-electron chi connectivity index (χ0n) is 13.0. The molecule has 0 radical (unpaired) electrons. The number of nitrogens with one attached hydrogen (secondary N) is 1. The third kappa shape index (κ3) is 2.13. The van der Waals surface area contributed by atoms with Crippen molar-refractivity contribution in [2.24, 2.45) is 0 Å². The number of aromatic amines is 1. The Balaban J connectivity index is 1.73. The molecule has 0 saturated heterocycles. The van der Waals surface area contributed by atoms with Gasteiger partial charge in [0.05, 0.1) is 0 Å². The number of nitrogens with zero attached hydrogens (tertiary/aromatic N) is 2. The van der Waals surface area contributed by atoms with E-state index in [-0.39, 0.29) is 5.91 Å². The van der Waals surface area contributed by atoms with Crippen LogP contribution in [0.4, 0.5) is 0 Å². The van der Waals surface area contributed by atoms with Crippen LogP contribution in [0.2, 0.25) is 0 Å². The number of fused-ring (bicyclic) bond motifs is 1. The van der Waals surface area contributed by atoms with Crippen molar-refractivity contribution in [3.05, 3.63) is 89.5 Å². The van der Waals surface area contributed by atoms with E-state index in [2.05, 4.69) is 9.97 Å². The molecule has 24 heavy (non-hydrogen) atoms. The summed E-state index contributed by atoms with van der Waals surface area (Å²) in [5.74, 6) is 0.175. The van der Waals surface area contributed by atoms with Gasteiger partial charge in [-0.2, -0.15) is 0 Å². The Morgan fingerprint density at radius 3 is 2.58 bits per heavy atom. The quantitative estimate of drug-likeness (QED) is 0.775. The van der Waals surface area contributed by atoms with E-state index in [0.29, 0.717) is 29.9 Å². The third-order valence-corrected chi connectivity index (χ3v) is 4.46. The van der Waals surface area contributed by atoms with E-state index in [1.807, 2.05) is 36.4 Å². The van der Waals surface area contributed by atoms with Crippen LogP contribution in [0.5, 0.6) is 0 Å². The fraction of sp³-hybridized carbons (Fsp3) is 0.158. The van der Waals surface area contributed by atoms with Crippen LogP contribution in [0.15, 0.2) is 67.0 Å². The smallest absolute Gasteiger partial charge is 0.257 e. The van der Waals surface area contributed by atoms with Crippen molar-refractivity contribution in [2.75, 3.05) is 6.54 Å². The molecule has 0 spiro atoms. The highest BCUT2D eigenvalue weighted by molar-refractivity contribution is 6.00. The van der Waals surface area contributed by atoms with Crippen LogP contribution in [-0.2, 0) is 12.1 Å². The van der Waals surface area contributed by atoms with E-state index >= 15 is 0 Å². The normalized spacial score (nSPS) is 19.5. The lowest BCUT2D eigenvalue weighted by atomic mass is 10.0. The number of imidazole rings is 1. The lowest BCUT2D eigenvalue weighted by molar-refractivity contribution is -0.0553. The number of aliphatic hydroxyl groups is 1. The first-order valence-electron chi connectivity index (χ1n) is 7.89. The lowest BCUT2D eigenvalue weighted by Crippen LogP contribution is -2.46. The first-order chi connectivity index (χ1) is 11.7. The summed E-state index contributed by atoms with van der Waals surface area (Å²) < 4.78 is 0. The Hall–Kier alpha value is -2.92. The van der Waals surface area contributed by atoms with E-state index in [9.17, 15) is 9.90 Å². The number of aromatic nitrogens is 2. The molecule has 1 aliphatic heterocycles. The molecule has 1 aliphatic rings. The molecule has 2 N–H and O–H groups in total. The van der Waals surface area contributed by atoms with Crippen LogP contribution < -0.4 is 0 Å². The van der Waals surface area contributed by atoms with Gasteiger partial charge in [0.25, 0.3) is 5.91 Å². The molecule has 0 bridgehead atoms. The summed E-state index contributed by atoms with van der Waals surface area (Å²) in [4.78, 5) is 21.5. The lowest BCUT2D eigenvalue weighted by Gasteiger charge is -2.32. The maximum atomic E-state index is 12.9. The van der Waals surface area contributed by atoms with Crippen molar-refractivity contribution in [2.45, 2.75) is 12.1 Å². The number of H-pyrrole nitrogens is 1. The minimum Gasteiger partial charge on any atom is -0.361 e. The minimum absolute atomic E-state index is 0.180. The molecule has 4 rings (SSSR count). The molecular weight excluding hydrogens is 302 g/mol. The number of amides is 1. The summed E-state index contributed by atoms with van der Waals surface area (Å²) in [5, 5.41) is 11.4. The van der Waals surface area contributed by atoms with Crippen molar-refractivity contribution in [1.82, 2.24) is 14.9 Å². The van der Waals surface area contributed by atoms with Gasteiger partial charge in [-0.25, -0.2) is 4.98 Å². The van der Waals surface area contributed by atoms with Crippen LogP contribution in [0.1, 0.15) is 27.3 Å². The van der Waals surface area contributed by atoms with Crippen molar-refractivity contribution in [3.63, 3.8) is 0 Å². The Labute approximate surface area is 139 Å². The molecule has 5 nitrogen and oxygen atoms in total. The predicted molar refractivity (Wildman–Crippen MR) is 89.2 cm³/mol. The Morgan fingerprint density at radius 2 is 1.83 bits per heavy atom. The van der Waals surface area contributed by atoms with Crippen molar-refractivity contribution in [1.29, 1.82) is 0 Å². The Kier molecular flexibility index (Phi) is 3.43. The molecule has 2 aromatic carbocycles. The van der Waals surface area contributed by atoms with Gasteiger partial charge in [0.2, 0.25) is 5.72 Å². The second-order valence-corrected chi connectivity index (χ2v) is 5.85. The second kappa shape index (κ2) is 5.62. The molecule has 120 valence electrons. The maximum absolute atomic E-state index is 12.9. The average Bonchev–Trinajstić information content (AvgIpc) is 3.23. The Morgan fingerprint density at radius 1 is 1.08 bits per heavy atom. The molecular formula is C19H17N3O2. The zero-order chi connectivity index (χ0) is 16.6. The van der Waals surface area contributed by atoms with E-state index in [4.69, 9.17) is 0 Å². The number of rotatable bonds is 4. The number of benzene rings is 2. The number of carbonyl (C=O) groups excluding carboxylic acids is 1. The zero-order valence-corrected chi connectivity index (χ0v) is 13.0. The number of hydrogen-bond donors (Lipinski definition) is 2. The van der Waals surface area contributed by atoms with E-state index < -0.39 is 5.72 Å². The highest BCUT2D eigenvalue weighted by atomic mass is 16.3. The number of hydrogen-bond acceptors (Lipinski definition) is 3. The number of carbonyl (C=O) groups is 1. The molecule has 1 amide bonds. The van der Waals surface area contributed by atoms with Gasteiger partial charge in [-0.1, -0.05) is 48.5 Å². The van der Waals surface area contributed by atoms with Crippen LogP contribution >= 0.6 is 0 Å². The van der Waals surface area contributed by atoms with Crippen LogP contribution in [0.25, 0.3) is 0 Å². The molecule has 3 aromatic rings. The van der Waals surface area contributed by atoms with Gasteiger partial charge in [0.1, 0.15) is 0 Å². The van der Waals surface area contributed by atoms with Gasteiger partial charge in [-0.05, 0) is 18.1 Å². The van der Waals surface area contributed by atoms with E-state index in [1.54, 1.807) is 30.6 Å². The van der Waals surface area contributed by atoms with Crippen LogP contribution in [0.3, 0.4) is 0 Å². The van der Waals surface area contributed by atoms with Crippen LogP contribution in [-0.4, -0.2) is 32.4 Å². The summed E-state index contributed by atoms with van der Waals surface area (Å²) >= 11 is 0. The molecule has 0 saturated carbocycles. The summed E-state index contributed by atoms with van der Waals surface area (Å²) in [5.41, 5.74) is 0.636. The van der Waals surface area contributed by atoms with Gasteiger partial charge in [-0.15, -0.1) is 0 Å². The van der Waals surface area contributed by atoms with Crippen molar-refractivity contribution >= 4 is 5.91 Å². The van der Waals surface area contributed by atoms with E-state index in [0.717, 1.165) is 5.56 Å². The monoisotopic (exact) mass is 319 g/mol. The molecule has 0 unspecified atom stereocenters. The third-order valence-electron chi connectivity index (χ3n) is 4.46. The fourth-order valence-electron chi connectivity index (χ4n) is 3.27. The van der Waals surface area contributed by atoms with Gasteiger partial charge < -0.3 is 10.1 Å². The first kappa shape index (κ1) is 14.7. The molecule has 5 heteroatoms. The van der Waals surface area contributed by atoms with Crippen LogP contribution in [0, 0.1) is 0 Å². The SMILES string of the molecule is O=C1c2ccccc2[C@](O)(c2ncc[nH]2)N1CCc1ccccc1. The molecule has 1 atom stereocenters. The average molecular weight is 319 g/mol. The predicted octanol–water partition coefficient (Wildman–Crippen LogP) is 2.30.